The fraction of sp³-hybridized carbons (Fsp3) is 0.571. The number of nitrogens with zero attached hydrogens (tertiary/aromatic N) is 2. The normalized spacial score (nSPS) is 12.0. The van der Waals surface area contributed by atoms with Gasteiger partial charge in [-0.15, -0.1) is 0 Å². The first-order chi connectivity index (χ1) is 5.40. The van der Waals surface area contributed by atoms with E-state index < -0.39 is 17.2 Å². The molecule has 0 heterocycles. The van der Waals surface area contributed by atoms with Crippen molar-refractivity contribution in [3.63, 3.8) is 0 Å². The summed E-state index contributed by atoms with van der Waals surface area (Å²) in [6, 6.07) is 1.46. The maximum Gasteiger partial charge on any atom is 0.284 e. The van der Waals surface area contributed by atoms with Gasteiger partial charge in [0.25, 0.3) is 5.91 Å². The highest BCUT2D eigenvalue weighted by molar-refractivity contribution is 6.45. The Hall–Kier alpha value is -1.57. The van der Waals surface area contributed by atoms with Crippen molar-refractivity contribution in [2.45, 2.75) is 26.3 Å². The van der Waals surface area contributed by atoms with Crippen molar-refractivity contribution in [2.75, 3.05) is 0 Å². The van der Waals surface area contributed by atoms with Crippen LogP contribution in [0.2, 0.25) is 0 Å². The van der Waals surface area contributed by atoms with E-state index in [4.69, 9.17) is 10.5 Å². The van der Waals surface area contributed by atoms with Crippen molar-refractivity contribution in [3.05, 3.63) is 0 Å². The predicted molar refractivity (Wildman–Crippen MR) is 42.7 cm³/mol. The lowest BCUT2D eigenvalue weighted by Gasteiger charge is -2.19. The molecule has 5 heteroatoms. The number of nitrogens with one attached hydrogen (secondary N) is 1. The lowest BCUT2D eigenvalue weighted by molar-refractivity contribution is -0.116. The van der Waals surface area contributed by atoms with E-state index in [1.54, 1.807) is 20.8 Å². The standard InChI is InChI=1S/C7H11N3O2/c1-7(2,3)9-6(11)5(4-8)10-12/h12H,1-3H3,(H,9,11)/b10-5-. The van der Waals surface area contributed by atoms with Crippen LogP contribution in [-0.2, 0) is 4.79 Å². The Morgan fingerprint density at radius 3 is 2.33 bits per heavy atom. The van der Waals surface area contributed by atoms with Crippen molar-refractivity contribution >= 4 is 11.6 Å². The van der Waals surface area contributed by atoms with Crippen LogP contribution in [0.1, 0.15) is 20.8 Å². The van der Waals surface area contributed by atoms with Gasteiger partial charge in [0.1, 0.15) is 6.07 Å². The molecular formula is C7H11N3O2. The Balaban J connectivity index is 4.36. The third-order valence-corrected chi connectivity index (χ3v) is 0.910. The maximum absolute atomic E-state index is 11.0. The third kappa shape index (κ3) is 3.56. The largest absolute Gasteiger partial charge is 0.410 e. The maximum atomic E-state index is 11.0. The van der Waals surface area contributed by atoms with Gasteiger partial charge in [0, 0.05) is 5.54 Å². The zero-order chi connectivity index (χ0) is 9.78. The number of amides is 1. The van der Waals surface area contributed by atoms with Crippen molar-refractivity contribution in [3.8, 4) is 6.07 Å². The molecule has 1 amide bonds. The van der Waals surface area contributed by atoms with E-state index in [9.17, 15) is 4.79 Å². The van der Waals surface area contributed by atoms with Crippen LogP contribution in [0, 0.1) is 11.3 Å². The molecule has 0 aromatic carbocycles. The Morgan fingerprint density at radius 1 is 1.58 bits per heavy atom. The van der Waals surface area contributed by atoms with Gasteiger partial charge in [0.2, 0.25) is 5.71 Å². The fourth-order valence-electron chi connectivity index (χ4n) is 0.518. The topological polar surface area (TPSA) is 85.5 Å². The van der Waals surface area contributed by atoms with Gasteiger partial charge in [-0.25, -0.2) is 0 Å². The zero-order valence-corrected chi connectivity index (χ0v) is 7.25. The summed E-state index contributed by atoms with van der Waals surface area (Å²) >= 11 is 0. The van der Waals surface area contributed by atoms with Crippen molar-refractivity contribution in [2.24, 2.45) is 5.16 Å². The van der Waals surface area contributed by atoms with Crippen LogP contribution in [0.25, 0.3) is 0 Å². The molecule has 0 aliphatic rings. The van der Waals surface area contributed by atoms with Crippen molar-refractivity contribution in [1.29, 1.82) is 5.26 Å². The molecule has 0 unspecified atom stereocenters. The lowest BCUT2D eigenvalue weighted by Crippen LogP contribution is -2.43. The third-order valence-electron chi connectivity index (χ3n) is 0.910. The fourth-order valence-corrected chi connectivity index (χ4v) is 0.518. The quantitative estimate of drug-likeness (QED) is 0.335. The first-order valence-electron chi connectivity index (χ1n) is 3.35. The number of hydrogen-bond donors (Lipinski definition) is 2. The summed E-state index contributed by atoms with van der Waals surface area (Å²) in [6.45, 7) is 5.28. The molecule has 0 spiro atoms. The van der Waals surface area contributed by atoms with Crippen LogP contribution >= 0.6 is 0 Å². The second kappa shape index (κ2) is 3.72. The molecule has 0 saturated carbocycles. The summed E-state index contributed by atoms with van der Waals surface area (Å²) in [7, 11) is 0. The molecular weight excluding hydrogens is 158 g/mol. The second-order valence-electron chi connectivity index (χ2n) is 3.26. The smallest absolute Gasteiger partial charge is 0.284 e. The minimum atomic E-state index is -0.674. The van der Waals surface area contributed by atoms with Gasteiger partial charge in [0.05, 0.1) is 0 Å². The van der Waals surface area contributed by atoms with E-state index in [0.29, 0.717) is 0 Å². The van der Waals surface area contributed by atoms with Gasteiger partial charge in [-0.1, -0.05) is 5.16 Å². The van der Waals surface area contributed by atoms with Gasteiger partial charge < -0.3 is 10.5 Å². The monoisotopic (exact) mass is 169 g/mol. The first kappa shape index (κ1) is 10.4. The van der Waals surface area contributed by atoms with Crippen LogP contribution in [-0.4, -0.2) is 22.4 Å². The van der Waals surface area contributed by atoms with Gasteiger partial charge in [0.15, 0.2) is 0 Å². The molecule has 0 radical (unpaired) electrons. The summed E-state index contributed by atoms with van der Waals surface area (Å²) in [6.07, 6.45) is 0. The number of carbonyl (C=O) groups is 1. The summed E-state index contributed by atoms with van der Waals surface area (Å²) < 4.78 is 0. The van der Waals surface area contributed by atoms with Crippen LogP contribution in [0.4, 0.5) is 0 Å². The molecule has 0 atom stereocenters. The van der Waals surface area contributed by atoms with Gasteiger partial charge >= 0.3 is 0 Å². The average Bonchev–Trinajstić information content (AvgIpc) is 1.85. The minimum absolute atomic E-state index is 0.441. The van der Waals surface area contributed by atoms with E-state index in [0.717, 1.165) is 0 Å². The van der Waals surface area contributed by atoms with Gasteiger partial charge in [-0.2, -0.15) is 5.26 Å². The van der Waals surface area contributed by atoms with Gasteiger partial charge in [-0.3, -0.25) is 4.79 Å². The van der Waals surface area contributed by atoms with E-state index in [1.165, 1.54) is 6.07 Å². The molecule has 0 aliphatic carbocycles. The molecule has 0 bridgehead atoms. The number of carbonyl (C=O) groups excluding carboxylic acids is 1. The van der Waals surface area contributed by atoms with Crippen LogP contribution < -0.4 is 5.32 Å². The zero-order valence-electron chi connectivity index (χ0n) is 7.25. The second-order valence-corrected chi connectivity index (χ2v) is 3.26. The Bertz CT molecular complexity index is 244. The molecule has 0 rings (SSSR count). The SMILES string of the molecule is CC(C)(C)NC(=O)/C(C#N)=N\O. The first-order valence-corrected chi connectivity index (χ1v) is 3.35. The van der Waals surface area contributed by atoms with E-state index in [1.807, 2.05) is 0 Å². The molecule has 12 heavy (non-hydrogen) atoms. The molecule has 2 N–H and O–H groups in total. The highest BCUT2D eigenvalue weighted by Gasteiger charge is 2.18. The molecule has 66 valence electrons. The summed E-state index contributed by atoms with van der Waals surface area (Å²) in [5.74, 6) is -0.674. The molecule has 0 aromatic rings. The van der Waals surface area contributed by atoms with Gasteiger partial charge in [-0.05, 0) is 20.8 Å². The lowest BCUT2D eigenvalue weighted by atomic mass is 10.1. The number of nitriles is 1. The van der Waals surface area contributed by atoms with E-state index in [2.05, 4.69) is 10.5 Å². The van der Waals surface area contributed by atoms with Crippen LogP contribution in [0.15, 0.2) is 5.16 Å². The predicted octanol–water partition coefficient (Wildman–Crippen LogP) is 0.255. The van der Waals surface area contributed by atoms with Crippen molar-refractivity contribution < 1.29 is 10.0 Å². The van der Waals surface area contributed by atoms with Crippen molar-refractivity contribution in [1.82, 2.24) is 5.32 Å². The van der Waals surface area contributed by atoms with E-state index >= 15 is 0 Å². The summed E-state index contributed by atoms with van der Waals surface area (Å²) in [5, 5.41) is 21.5. The molecule has 5 nitrogen and oxygen atoms in total. The molecule has 0 aromatic heterocycles. The molecule has 0 aliphatic heterocycles. The van der Waals surface area contributed by atoms with E-state index in [-0.39, 0.29) is 0 Å². The molecule has 0 saturated heterocycles. The number of oxime groups is 1. The summed E-state index contributed by atoms with van der Waals surface area (Å²) in [4.78, 5) is 11.0. The Labute approximate surface area is 70.7 Å². The number of rotatable bonds is 1. The summed E-state index contributed by atoms with van der Waals surface area (Å²) in [5.41, 5.74) is -0.978. The highest BCUT2D eigenvalue weighted by Crippen LogP contribution is 1.97. The molecule has 0 fully saturated rings. The van der Waals surface area contributed by atoms with Crippen LogP contribution in [0.3, 0.4) is 0 Å². The minimum Gasteiger partial charge on any atom is -0.410 e. The number of hydrogen-bond acceptors (Lipinski definition) is 4. The average molecular weight is 169 g/mol. The van der Waals surface area contributed by atoms with Crippen LogP contribution in [0.5, 0.6) is 0 Å². The Kier molecular flexibility index (Phi) is 3.23. The highest BCUT2D eigenvalue weighted by atomic mass is 16.4. The Morgan fingerprint density at radius 2 is 2.08 bits per heavy atom.